The first-order valence-corrected chi connectivity index (χ1v) is 6.14. The highest BCUT2D eigenvalue weighted by molar-refractivity contribution is 6.03. The average Bonchev–Trinajstić information content (AvgIpc) is 3.03. The van der Waals surface area contributed by atoms with Gasteiger partial charge in [-0.2, -0.15) is 18.2 Å². The van der Waals surface area contributed by atoms with Crippen LogP contribution in [0, 0.1) is 6.92 Å². The number of halogens is 3. The summed E-state index contributed by atoms with van der Waals surface area (Å²) in [4.78, 5) is 15.1. The van der Waals surface area contributed by atoms with Crippen LogP contribution in [0.1, 0.15) is 21.9 Å². The van der Waals surface area contributed by atoms with Crippen molar-refractivity contribution in [2.24, 2.45) is 0 Å². The molecule has 2 aromatic heterocycles. The van der Waals surface area contributed by atoms with Gasteiger partial charge in [-0.15, -0.1) is 5.10 Å². The smallest absolute Gasteiger partial charge is 0.451 e. The molecule has 9 heteroatoms. The monoisotopic (exact) mass is 310 g/mol. The van der Waals surface area contributed by atoms with Crippen molar-refractivity contribution >= 4 is 22.8 Å². The summed E-state index contributed by atoms with van der Waals surface area (Å²) >= 11 is 0. The van der Waals surface area contributed by atoms with Gasteiger partial charge in [0.1, 0.15) is 5.58 Å². The number of fused-ring (bicyclic) bond motifs is 1. The standard InChI is InChI=1S/C13H9F3N4O2/c1-6-2-3-8-7(4-6)5-9(22-8)10(21)17-12-18-11(19-20-12)13(14,15)16/h2-5H,1H3,(H2,17,18,19,20,21). The zero-order chi connectivity index (χ0) is 15.9. The van der Waals surface area contributed by atoms with E-state index in [1.54, 1.807) is 11.2 Å². The van der Waals surface area contributed by atoms with E-state index in [1.807, 2.05) is 19.1 Å². The van der Waals surface area contributed by atoms with Crippen LogP contribution in [0.15, 0.2) is 28.7 Å². The first kappa shape index (κ1) is 14.1. The van der Waals surface area contributed by atoms with Crippen LogP contribution in [0.3, 0.4) is 0 Å². The van der Waals surface area contributed by atoms with E-state index in [2.05, 4.69) is 15.4 Å². The van der Waals surface area contributed by atoms with Gasteiger partial charge in [0.05, 0.1) is 0 Å². The molecule has 2 heterocycles. The Kier molecular flexibility index (Phi) is 3.12. The number of alkyl halides is 3. The average molecular weight is 310 g/mol. The molecule has 114 valence electrons. The van der Waals surface area contributed by atoms with Crippen LogP contribution < -0.4 is 5.32 Å². The third-order valence-corrected chi connectivity index (χ3v) is 2.87. The number of hydrogen-bond donors (Lipinski definition) is 2. The molecule has 3 rings (SSSR count). The molecule has 0 aliphatic carbocycles. The van der Waals surface area contributed by atoms with Gasteiger partial charge >= 0.3 is 6.18 Å². The van der Waals surface area contributed by atoms with Crippen molar-refractivity contribution in [1.82, 2.24) is 15.2 Å². The van der Waals surface area contributed by atoms with Crippen molar-refractivity contribution in [2.45, 2.75) is 13.1 Å². The molecule has 0 bridgehead atoms. The first-order chi connectivity index (χ1) is 10.3. The fourth-order valence-corrected chi connectivity index (χ4v) is 1.88. The second kappa shape index (κ2) is 4.86. The van der Waals surface area contributed by atoms with E-state index in [4.69, 9.17) is 4.42 Å². The number of aromatic nitrogens is 3. The number of hydrogen-bond acceptors (Lipinski definition) is 4. The van der Waals surface area contributed by atoms with Crippen LogP contribution in [0.2, 0.25) is 0 Å². The number of furan rings is 1. The number of aromatic amines is 1. The summed E-state index contributed by atoms with van der Waals surface area (Å²) in [5, 5.41) is 7.85. The van der Waals surface area contributed by atoms with E-state index in [-0.39, 0.29) is 5.76 Å². The van der Waals surface area contributed by atoms with Gasteiger partial charge in [-0.1, -0.05) is 11.6 Å². The van der Waals surface area contributed by atoms with Gasteiger partial charge in [0, 0.05) is 5.39 Å². The molecule has 0 unspecified atom stereocenters. The number of carbonyl (C=O) groups is 1. The quantitative estimate of drug-likeness (QED) is 0.761. The second-order valence-electron chi connectivity index (χ2n) is 4.61. The molecular formula is C13H9F3N4O2. The first-order valence-electron chi connectivity index (χ1n) is 6.14. The maximum atomic E-state index is 12.4. The Labute approximate surface area is 121 Å². The highest BCUT2D eigenvalue weighted by atomic mass is 19.4. The Hall–Kier alpha value is -2.84. The lowest BCUT2D eigenvalue weighted by Crippen LogP contribution is -2.12. The largest absolute Gasteiger partial charge is 0.451 e. The minimum absolute atomic E-state index is 0.0426. The second-order valence-corrected chi connectivity index (χ2v) is 4.61. The number of H-pyrrole nitrogens is 1. The fourth-order valence-electron chi connectivity index (χ4n) is 1.88. The van der Waals surface area contributed by atoms with Gasteiger partial charge < -0.3 is 4.42 Å². The Bertz CT molecular complexity index is 850. The zero-order valence-electron chi connectivity index (χ0n) is 11.2. The van der Waals surface area contributed by atoms with Crippen LogP contribution in [-0.2, 0) is 6.18 Å². The Balaban J connectivity index is 1.82. The third-order valence-electron chi connectivity index (χ3n) is 2.87. The molecule has 0 aliphatic heterocycles. The maximum absolute atomic E-state index is 12.4. The lowest BCUT2D eigenvalue weighted by Gasteiger charge is -1.98. The number of nitrogens with one attached hydrogen (secondary N) is 2. The predicted octanol–water partition coefficient (Wildman–Crippen LogP) is 3.13. The van der Waals surface area contributed by atoms with Gasteiger partial charge in [-0.05, 0) is 25.1 Å². The topological polar surface area (TPSA) is 83.8 Å². The van der Waals surface area contributed by atoms with E-state index in [1.165, 1.54) is 6.07 Å². The molecule has 0 aliphatic rings. The van der Waals surface area contributed by atoms with E-state index >= 15 is 0 Å². The van der Waals surface area contributed by atoms with E-state index < -0.39 is 23.9 Å². The lowest BCUT2D eigenvalue weighted by molar-refractivity contribution is -0.144. The normalized spacial score (nSPS) is 11.8. The lowest BCUT2D eigenvalue weighted by atomic mass is 10.2. The molecule has 3 aromatic rings. The molecule has 0 saturated carbocycles. The van der Waals surface area contributed by atoms with Crippen LogP contribution in [-0.4, -0.2) is 21.1 Å². The Morgan fingerprint density at radius 2 is 2.09 bits per heavy atom. The summed E-state index contributed by atoms with van der Waals surface area (Å²) < 4.78 is 42.5. The van der Waals surface area contributed by atoms with Crippen molar-refractivity contribution < 1.29 is 22.4 Å². The highest BCUT2D eigenvalue weighted by Crippen LogP contribution is 2.26. The molecule has 6 nitrogen and oxygen atoms in total. The molecule has 2 N–H and O–H groups in total. The number of amides is 1. The van der Waals surface area contributed by atoms with Gasteiger partial charge in [0.25, 0.3) is 5.91 Å². The third kappa shape index (κ3) is 2.65. The molecular weight excluding hydrogens is 301 g/mol. The number of carbonyl (C=O) groups excluding carboxylic acids is 1. The van der Waals surface area contributed by atoms with Gasteiger partial charge in [-0.25, -0.2) is 0 Å². The predicted molar refractivity (Wildman–Crippen MR) is 70.3 cm³/mol. The van der Waals surface area contributed by atoms with Crippen LogP contribution in [0.4, 0.5) is 19.1 Å². The van der Waals surface area contributed by atoms with Gasteiger partial charge in [0.15, 0.2) is 5.76 Å². The van der Waals surface area contributed by atoms with Crippen LogP contribution in [0.5, 0.6) is 0 Å². The minimum Gasteiger partial charge on any atom is -0.451 e. The van der Waals surface area contributed by atoms with Crippen molar-refractivity contribution in [2.75, 3.05) is 5.32 Å². The molecule has 22 heavy (non-hydrogen) atoms. The number of anilines is 1. The Morgan fingerprint density at radius 3 is 2.77 bits per heavy atom. The molecule has 0 fully saturated rings. The molecule has 0 saturated heterocycles. The molecule has 1 amide bonds. The number of rotatable bonds is 2. The van der Waals surface area contributed by atoms with Gasteiger partial charge in [0.2, 0.25) is 11.8 Å². The molecule has 1 aromatic carbocycles. The highest BCUT2D eigenvalue weighted by Gasteiger charge is 2.35. The van der Waals surface area contributed by atoms with Crippen molar-refractivity contribution in [3.8, 4) is 0 Å². The SMILES string of the molecule is Cc1ccc2oc(C(=O)Nc3n[nH]c(C(F)(F)F)n3)cc2c1. The van der Waals surface area contributed by atoms with Crippen molar-refractivity contribution in [3.63, 3.8) is 0 Å². The summed E-state index contributed by atoms with van der Waals surface area (Å²) in [6.07, 6.45) is -4.66. The summed E-state index contributed by atoms with van der Waals surface area (Å²) in [5.41, 5.74) is 1.49. The number of nitrogens with zero attached hydrogens (tertiary/aromatic N) is 2. The summed E-state index contributed by atoms with van der Waals surface area (Å²) in [5.74, 6) is -2.54. The number of benzene rings is 1. The van der Waals surface area contributed by atoms with Crippen molar-refractivity contribution in [3.05, 3.63) is 41.4 Å². The van der Waals surface area contributed by atoms with Crippen molar-refractivity contribution in [1.29, 1.82) is 0 Å². The zero-order valence-corrected chi connectivity index (χ0v) is 11.2. The summed E-state index contributed by atoms with van der Waals surface area (Å²) in [6.45, 7) is 1.89. The maximum Gasteiger partial charge on any atom is 0.451 e. The minimum atomic E-state index is -4.66. The summed E-state index contributed by atoms with van der Waals surface area (Å²) in [7, 11) is 0. The van der Waals surface area contributed by atoms with Crippen LogP contribution >= 0.6 is 0 Å². The van der Waals surface area contributed by atoms with E-state index in [0.717, 1.165) is 10.9 Å². The summed E-state index contributed by atoms with van der Waals surface area (Å²) in [6, 6.07) is 6.84. The Morgan fingerprint density at radius 1 is 1.32 bits per heavy atom. The van der Waals surface area contributed by atoms with Crippen LogP contribution in [0.25, 0.3) is 11.0 Å². The van der Waals surface area contributed by atoms with E-state index in [9.17, 15) is 18.0 Å². The molecule has 0 radical (unpaired) electrons. The van der Waals surface area contributed by atoms with Gasteiger partial charge in [-0.3, -0.25) is 15.2 Å². The number of aryl methyl sites for hydroxylation is 1. The molecule has 0 spiro atoms. The fraction of sp³-hybridized carbons (Fsp3) is 0.154. The van der Waals surface area contributed by atoms with E-state index in [0.29, 0.717) is 5.58 Å². The molecule has 0 atom stereocenters.